The van der Waals surface area contributed by atoms with Crippen molar-refractivity contribution >= 4 is 17.4 Å². The van der Waals surface area contributed by atoms with Crippen molar-refractivity contribution in [2.75, 3.05) is 17.6 Å². The van der Waals surface area contributed by atoms with E-state index in [1.54, 1.807) is 41.7 Å². The zero-order valence-corrected chi connectivity index (χ0v) is 14.0. The maximum atomic E-state index is 13.1. The second-order valence-corrected chi connectivity index (χ2v) is 6.24. The van der Waals surface area contributed by atoms with Gasteiger partial charge >= 0.3 is 6.03 Å². The number of aromatic nitrogens is 2. The first kappa shape index (κ1) is 16.1. The summed E-state index contributed by atoms with van der Waals surface area (Å²) >= 11 is 0. The number of halogens is 1. The molecule has 2 aromatic carbocycles. The van der Waals surface area contributed by atoms with E-state index in [-0.39, 0.29) is 11.8 Å². The Labute approximate surface area is 150 Å². The summed E-state index contributed by atoms with van der Waals surface area (Å²) in [4.78, 5) is 18.5. The fourth-order valence-electron chi connectivity index (χ4n) is 3.04. The van der Waals surface area contributed by atoms with Crippen LogP contribution in [-0.4, -0.2) is 27.0 Å². The van der Waals surface area contributed by atoms with E-state index in [2.05, 4.69) is 10.3 Å². The van der Waals surface area contributed by atoms with Crippen molar-refractivity contribution in [1.82, 2.24) is 14.5 Å². The van der Waals surface area contributed by atoms with E-state index in [1.807, 2.05) is 10.6 Å². The lowest BCUT2D eigenvalue weighted by molar-refractivity contribution is 0.197. The highest BCUT2D eigenvalue weighted by molar-refractivity contribution is 5.94. The maximum Gasteiger partial charge on any atom is 0.322 e. The van der Waals surface area contributed by atoms with Gasteiger partial charge in [-0.2, -0.15) is 0 Å². The van der Waals surface area contributed by atoms with Crippen molar-refractivity contribution in [3.05, 3.63) is 66.5 Å². The van der Waals surface area contributed by atoms with Crippen LogP contribution in [0.3, 0.4) is 0 Å². The largest absolute Gasteiger partial charge is 0.397 e. The molecule has 3 aromatic rings. The molecule has 132 valence electrons. The molecule has 7 heteroatoms. The molecule has 0 saturated heterocycles. The Morgan fingerprint density at radius 3 is 2.69 bits per heavy atom. The molecule has 0 radical (unpaired) electrons. The highest BCUT2D eigenvalue weighted by atomic mass is 19.1. The van der Waals surface area contributed by atoms with Gasteiger partial charge in [-0.15, -0.1) is 0 Å². The summed E-state index contributed by atoms with van der Waals surface area (Å²) in [6.45, 7) is 1.82. The molecular formula is C19H18FN5O. The molecule has 0 unspecified atom stereocenters. The first-order valence-corrected chi connectivity index (χ1v) is 8.30. The molecule has 1 aliphatic rings. The summed E-state index contributed by atoms with van der Waals surface area (Å²) in [5, 5.41) is 2.88. The third kappa shape index (κ3) is 3.11. The fraction of sp³-hybridized carbons (Fsp3) is 0.158. The zero-order valence-electron chi connectivity index (χ0n) is 14.0. The quantitative estimate of drug-likeness (QED) is 0.696. The van der Waals surface area contributed by atoms with E-state index in [4.69, 9.17) is 5.73 Å². The summed E-state index contributed by atoms with van der Waals surface area (Å²) in [6.07, 6.45) is 3.54. The molecule has 0 bridgehead atoms. The van der Waals surface area contributed by atoms with Crippen LogP contribution in [-0.2, 0) is 13.1 Å². The number of hydrogen-bond donors (Lipinski definition) is 2. The van der Waals surface area contributed by atoms with E-state index in [9.17, 15) is 9.18 Å². The van der Waals surface area contributed by atoms with Gasteiger partial charge < -0.3 is 20.5 Å². The number of nitrogens with one attached hydrogen (secondary N) is 1. The number of imidazole rings is 1. The molecule has 0 atom stereocenters. The second-order valence-electron chi connectivity index (χ2n) is 6.24. The van der Waals surface area contributed by atoms with Crippen LogP contribution in [0.1, 0.15) is 5.69 Å². The summed E-state index contributed by atoms with van der Waals surface area (Å²) in [5.41, 5.74) is 9.74. The van der Waals surface area contributed by atoms with Crippen LogP contribution in [0, 0.1) is 5.82 Å². The molecular weight excluding hydrogens is 333 g/mol. The summed E-state index contributed by atoms with van der Waals surface area (Å²) < 4.78 is 15.2. The average molecular weight is 351 g/mol. The molecule has 3 N–H and O–H groups in total. The summed E-state index contributed by atoms with van der Waals surface area (Å²) in [7, 11) is 0. The van der Waals surface area contributed by atoms with E-state index in [1.165, 1.54) is 12.1 Å². The van der Waals surface area contributed by atoms with Gasteiger partial charge in [-0.05, 0) is 35.4 Å². The zero-order chi connectivity index (χ0) is 18.1. The predicted octanol–water partition coefficient (Wildman–Crippen LogP) is 3.32. The van der Waals surface area contributed by atoms with Gasteiger partial charge in [0.05, 0.1) is 29.9 Å². The Kier molecular flexibility index (Phi) is 4.04. The molecule has 0 spiro atoms. The van der Waals surface area contributed by atoms with E-state index < -0.39 is 0 Å². The van der Waals surface area contributed by atoms with Gasteiger partial charge in [0.15, 0.2) is 0 Å². The lowest BCUT2D eigenvalue weighted by Gasteiger charge is -2.28. The third-order valence-electron chi connectivity index (χ3n) is 4.52. The van der Waals surface area contributed by atoms with Gasteiger partial charge in [0, 0.05) is 19.3 Å². The van der Waals surface area contributed by atoms with Crippen molar-refractivity contribution < 1.29 is 9.18 Å². The minimum absolute atomic E-state index is 0.208. The van der Waals surface area contributed by atoms with Gasteiger partial charge in [0.2, 0.25) is 0 Å². The number of nitrogens with zero attached hydrogens (tertiary/aromatic N) is 3. The third-order valence-corrected chi connectivity index (χ3v) is 4.52. The summed E-state index contributed by atoms with van der Waals surface area (Å²) in [5.74, 6) is -0.290. The van der Waals surface area contributed by atoms with E-state index >= 15 is 0 Å². The predicted molar refractivity (Wildman–Crippen MR) is 97.9 cm³/mol. The van der Waals surface area contributed by atoms with Gasteiger partial charge in [0.1, 0.15) is 5.82 Å². The molecule has 1 aromatic heterocycles. The van der Waals surface area contributed by atoms with Crippen LogP contribution in [0.4, 0.5) is 20.6 Å². The highest BCUT2D eigenvalue weighted by Crippen LogP contribution is 2.28. The average Bonchev–Trinajstić information content (AvgIpc) is 3.12. The van der Waals surface area contributed by atoms with E-state index in [0.717, 1.165) is 16.8 Å². The molecule has 2 heterocycles. The number of urea groups is 1. The topological polar surface area (TPSA) is 76.2 Å². The molecule has 6 nitrogen and oxygen atoms in total. The molecule has 2 amide bonds. The Hall–Kier alpha value is -3.35. The standard InChI is InChI=1S/C19H18FN5O/c20-15-4-1-13(2-5-15)14-3-6-17(21)18(9-14)23-19(26)24-7-8-25-12-22-10-16(25)11-24/h1-6,9-10,12H,7-8,11,21H2,(H,23,26). The van der Waals surface area contributed by atoms with Crippen LogP contribution in [0.15, 0.2) is 55.0 Å². The minimum Gasteiger partial charge on any atom is -0.397 e. The molecule has 0 fully saturated rings. The minimum atomic E-state index is -0.290. The number of carbonyl (C=O) groups excluding carboxylic acids is 1. The van der Waals surface area contributed by atoms with Crippen LogP contribution in [0.2, 0.25) is 0 Å². The molecule has 26 heavy (non-hydrogen) atoms. The molecule has 0 saturated carbocycles. The monoisotopic (exact) mass is 351 g/mol. The normalized spacial score (nSPS) is 13.3. The Morgan fingerprint density at radius 2 is 1.88 bits per heavy atom. The number of benzene rings is 2. The Balaban J connectivity index is 1.53. The van der Waals surface area contributed by atoms with Crippen molar-refractivity contribution in [3.63, 3.8) is 0 Å². The van der Waals surface area contributed by atoms with Crippen molar-refractivity contribution in [1.29, 1.82) is 0 Å². The SMILES string of the molecule is Nc1ccc(-c2ccc(F)cc2)cc1NC(=O)N1CCn2cncc2C1. The van der Waals surface area contributed by atoms with Crippen molar-refractivity contribution in [3.8, 4) is 11.1 Å². The van der Waals surface area contributed by atoms with Gasteiger partial charge in [-0.3, -0.25) is 0 Å². The number of nitrogen functional groups attached to an aromatic ring is 1. The Bertz CT molecular complexity index is 951. The first-order chi connectivity index (χ1) is 12.6. The van der Waals surface area contributed by atoms with E-state index in [0.29, 0.717) is 31.0 Å². The number of anilines is 2. The van der Waals surface area contributed by atoms with Crippen molar-refractivity contribution in [2.24, 2.45) is 0 Å². The van der Waals surface area contributed by atoms with Crippen LogP contribution >= 0.6 is 0 Å². The maximum absolute atomic E-state index is 13.1. The first-order valence-electron chi connectivity index (χ1n) is 8.30. The number of fused-ring (bicyclic) bond motifs is 1. The van der Waals surface area contributed by atoms with Crippen molar-refractivity contribution in [2.45, 2.75) is 13.1 Å². The second kappa shape index (κ2) is 6.51. The lowest BCUT2D eigenvalue weighted by atomic mass is 10.0. The smallest absolute Gasteiger partial charge is 0.322 e. The van der Waals surface area contributed by atoms with Gasteiger partial charge in [-0.1, -0.05) is 18.2 Å². The Morgan fingerprint density at radius 1 is 1.12 bits per heavy atom. The highest BCUT2D eigenvalue weighted by Gasteiger charge is 2.21. The lowest BCUT2D eigenvalue weighted by Crippen LogP contribution is -2.40. The van der Waals surface area contributed by atoms with Crippen LogP contribution in [0.25, 0.3) is 11.1 Å². The summed E-state index contributed by atoms with van der Waals surface area (Å²) in [6, 6.07) is 11.4. The number of hydrogen-bond acceptors (Lipinski definition) is 3. The fourth-order valence-corrected chi connectivity index (χ4v) is 3.04. The molecule has 1 aliphatic heterocycles. The van der Waals surface area contributed by atoms with Crippen LogP contribution in [0.5, 0.6) is 0 Å². The number of carbonyl (C=O) groups is 1. The van der Waals surface area contributed by atoms with Gasteiger partial charge in [0.25, 0.3) is 0 Å². The number of amides is 2. The molecule has 4 rings (SSSR count). The van der Waals surface area contributed by atoms with Gasteiger partial charge in [-0.25, -0.2) is 14.2 Å². The number of nitrogens with two attached hydrogens (primary N) is 1. The van der Waals surface area contributed by atoms with Crippen LogP contribution < -0.4 is 11.1 Å². The number of rotatable bonds is 2. The molecule has 0 aliphatic carbocycles.